The van der Waals surface area contributed by atoms with Crippen LogP contribution in [-0.2, 0) is 28.6 Å². The van der Waals surface area contributed by atoms with E-state index in [1.54, 1.807) is 0 Å². The fourth-order valence-corrected chi connectivity index (χ4v) is 9.93. The van der Waals surface area contributed by atoms with Crippen molar-refractivity contribution in [1.29, 1.82) is 0 Å². The average molecular weight is 1050 g/mol. The van der Waals surface area contributed by atoms with Crippen LogP contribution in [0.5, 0.6) is 0 Å². The molecule has 0 N–H and O–H groups in total. The SMILES string of the molecule is CC/C=C\C/C=C\C/C=C\C/C=C\CCC(=O)OCC(COC(=O)CCCCCCCCCCCCCCCCCCCCCCCC)OC(=O)CCCCCCCCCCCCCCCCCCCCCCCC. The minimum absolute atomic E-state index is 0.0899. The van der Waals surface area contributed by atoms with Crippen LogP contribution in [0, 0.1) is 0 Å². The summed E-state index contributed by atoms with van der Waals surface area (Å²) < 4.78 is 16.9. The van der Waals surface area contributed by atoms with Crippen molar-refractivity contribution in [3.05, 3.63) is 48.6 Å². The standard InChI is InChI=1S/C69H126O6/c1-4-7-10-13-16-19-22-25-27-29-31-33-35-37-39-41-44-47-50-53-56-59-62-68(71)74-65-66(64-73-67(70)61-58-55-52-49-46-43-24-21-18-15-12-9-6-3)75-69(72)63-60-57-54-51-48-45-42-40-38-36-34-32-30-28-26-23-20-17-14-11-8-5-2/h9,12,18,21,43,46,52,55,66H,4-8,10-11,13-17,19-20,22-42,44-45,47-51,53-54,56-65H2,1-3H3/b12-9-,21-18-,46-43-,55-52-. The molecule has 0 aliphatic carbocycles. The van der Waals surface area contributed by atoms with Crippen LogP contribution in [-0.4, -0.2) is 37.2 Å². The van der Waals surface area contributed by atoms with Gasteiger partial charge in [0, 0.05) is 19.3 Å². The Hall–Kier alpha value is -2.63. The third-order valence-corrected chi connectivity index (χ3v) is 14.9. The molecule has 0 rings (SSSR count). The van der Waals surface area contributed by atoms with Crippen LogP contribution in [0.1, 0.15) is 355 Å². The Bertz CT molecular complexity index is 1300. The van der Waals surface area contributed by atoms with Crippen LogP contribution in [0.4, 0.5) is 0 Å². The highest BCUT2D eigenvalue weighted by atomic mass is 16.6. The van der Waals surface area contributed by atoms with Gasteiger partial charge in [0.05, 0.1) is 0 Å². The van der Waals surface area contributed by atoms with Gasteiger partial charge in [0.25, 0.3) is 0 Å². The maximum absolute atomic E-state index is 12.9. The zero-order chi connectivity index (χ0) is 54.3. The zero-order valence-corrected chi connectivity index (χ0v) is 50.3. The quantitative estimate of drug-likeness (QED) is 0.0261. The van der Waals surface area contributed by atoms with Crippen LogP contribution < -0.4 is 0 Å². The minimum Gasteiger partial charge on any atom is -0.462 e. The molecule has 0 bridgehead atoms. The smallest absolute Gasteiger partial charge is 0.306 e. The van der Waals surface area contributed by atoms with Crippen LogP contribution in [0.15, 0.2) is 48.6 Å². The Kier molecular flexibility index (Phi) is 61.7. The second-order valence-electron chi connectivity index (χ2n) is 22.4. The first-order valence-electron chi connectivity index (χ1n) is 33.1. The van der Waals surface area contributed by atoms with E-state index in [-0.39, 0.29) is 37.5 Å². The molecule has 438 valence electrons. The fourth-order valence-electron chi connectivity index (χ4n) is 9.93. The summed E-state index contributed by atoms with van der Waals surface area (Å²) in [5.74, 6) is -0.951. The van der Waals surface area contributed by atoms with Crippen molar-refractivity contribution in [2.45, 2.75) is 361 Å². The maximum Gasteiger partial charge on any atom is 0.306 e. The molecular weight excluding hydrogens is 925 g/mol. The van der Waals surface area contributed by atoms with Crippen molar-refractivity contribution < 1.29 is 28.6 Å². The molecule has 0 aromatic heterocycles. The van der Waals surface area contributed by atoms with E-state index in [9.17, 15) is 14.4 Å². The topological polar surface area (TPSA) is 78.9 Å². The molecule has 1 unspecified atom stereocenters. The number of carbonyl (C=O) groups is 3. The number of allylic oxidation sites excluding steroid dienone is 8. The Labute approximate surface area is 467 Å². The highest BCUT2D eigenvalue weighted by Gasteiger charge is 2.19. The first kappa shape index (κ1) is 72.4. The molecular formula is C69H126O6. The van der Waals surface area contributed by atoms with Gasteiger partial charge in [-0.3, -0.25) is 14.4 Å². The fraction of sp³-hybridized carbons (Fsp3) is 0.841. The molecule has 0 radical (unpaired) electrons. The maximum atomic E-state index is 12.9. The lowest BCUT2D eigenvalue weighted by Gasteiger charge is -2.18. The summed E-state index contributed by atoms with van der Waals surface area (Å²) >= 11 is 0. The van der Waals surface area contributed by atoms with Gasteiger partial charge < -0.3 is 14.2 Å². The number of hydrogen-bond donors (Lipinski definition) is 0. The van der Waals surface area contributed by atoms with Gasteiger partial charge in [0.2, 0.25) is 0 Å². The van der Waals surface area contributed by atoms with Gasteiger partial charge in [-0.05, 0) is 44.9 Å². The van der Waals surface area contributed by atoms with E-state index >= 15 is 0 Å². The Morgan fingerprint density at radius 3 is 0.813 bits per heavy atom. The number of hydrogen-bond acceptors (Lipinski definition) is 6. The average Bonchev–Trinajstić information content (AvgIpc) is 3.41. The molecule has 6 nitrogen and oxygen atoms in total. The molecule has 6 heteroatoms. The minimum atomic E-state index is -0.799. The van der Waals surface area contributed by atoms with Gasteiger partial charge in [-0.25, -0.2) is 0 Å². The van der Waals surface area contributed by atoms with Crippen molar-refractivity contribution >= 4 is 17.9 Å². The van der Waals surface area contributed by atoms with E-state index < -0.39 is 6.10 Å². The first-order chi connectivity index (χ1) is 37.0. The van der Waals surface area contributed by atoms with Crippen LogP contribution in [0.2, 0.25) is 0 Å². The zero-order valence-electron chi connectivity index (χ0n) is 50.3. The van der Waals surface area contributed by atoms with Crippen molar-refractivity contribution in [1.82, 2.24) is 0 Å². The molecule has 0 aliphatic heterocycles. The first-order valence-corrected chi connectivity index (χ1v) is 33.1. The molecule has 0 fully saturated rings. The largest absolute Gasteiger partial charge is 0.462 e. The predicted octanol–water partition coefficient (Wildman–Crippen LogP) is 22.6. The van der Waals surface area contributed by atoms with Gasteiger partial charge in [-0.1, -0.05) is 339 Å². The van der Waals surface area contributed by atoms with E-state index in [1.807, 2.05) is 6.08 Å². The number of rotatable bonds is 61. The van der Waals surface area contributed by atoms with Crippen molar-refractivity contribution in [2.24, 2.45) is 0 Å². The van der Waals surface area contributed by atoms with Gasteiger partial charge in [-0.2, -0.15) is 0 Å². The van der Waals surface area contributed by atoms with Crippen molar-refractivity contribution in [3.63, 3.8) is 0 Å². The van der Waals surface area contributed by atoms with Gasteiger partial charge in [0.1, 0.15) is 13.2 Å². The van der Waals surface area contributed by atoms with Crippen molar-refractivity contribution in [3.8, 4) is 0 Å². The van der Waals surface area contributed by atoms with Gasteiger partial charge in [-0.15, -0.1) is 0 Å². The van der Waals surface area contributed by atoms with E-state index in [1.165, 1.54) is 244 Å². The number of unbranched alkanes of at least 4 members (excludes halogenated alkanes) is 42. The van der Waals surface area contributed by atoms with E-state index in [4.69, 9.17) is 14.2 Å². The Balaban J connectivity index is 4.29. The Morgan fingerprint density at radius 2 is 0.520 bits per heavy atom. The lowest BCUT2D eigenvalue weighted by molar-refractivity contribution is -0.166. The molecule has 0 aromatic rings. The number of esters is 3. The summed E-state index contributed by atoms with van der Waals surface area (Å²) in [6, 6.07) is 0. The van der Waals surface area contributed by atoms with Gasteiger partial charge in [0.15, 0.2) is 6.10 Å². The highest BCUT2D eigenvalue weighted by Crippen LogP contribution is 2.18. The summed E-state index contributed by atoms with van der Waals surface area (Å²) in [4.78, 5) is 38.3. The molecule has 75 heavy (non-hydrogen) atoms. The number of ether oxygens (including phenoxy) is 3. The van der Waals surface area contributed by atoms with Crippen LogP contribution in [0.3, 0.4) is 0 Å². The second kappa shape index (κ2) is 63.9. The lowest BCUT2D eigenvalue weighted by Crippen LogP contribution is -2.30. The summed E-state index contributed by atoms with van der Waals surface area (Å²) in [6.45, 7) is 6.53. The summed E-state index contributed by atoms with van der Waals surface area (Å²) in [5.41, 5.74) is 0. The summed E-state index contributed by atoms with van der Waals surface area (Å²) in [6.07, 6.45) is 80.1. The highest BCUT2D eigenvalue weighted by molar-refractivity contribution is 5.71. The van der Waals surface area contributed by atoms with Crippen molar-refractivity contribution in [2.75, 3.05) is 13.2 Å². The van der Waals surface area contributed by atoms with Crippen LogP contribution >= 0.6 is 0 Å². The second-order valence-corrected chi connectivity index (χ2v) is 22.4. The monoisotopic (exact) mass is 1050 g/mol. The predicted molar refractivity (Wildman–Crippen MR) is 325 cm³/mol. The third-order valence-electron chi connectivity index (χ3n) is 14.9. The summed E-state index contributed by atoms with van der Waals surface area (Å²) in [7, 11) is 0. The summed E-state index contributed by atoms with van der Waals surface area (Å²) in [5, 5.41) is 0. The molecule has 1 atom stereocenters. The van der Waals surface area contributed by atoms with E-state index in [0.29, 0.717) is 19.3 Å². The molecule has 0 aromatic carbocycles. The molecule has 0 saturated carbocycles. The Morgan fingerprint density at radius 1 is 0.280 bits per heavy atom. The van der Waals surface area contributed by atoms with Gasteiger partial charge >= 0.3 is 17.9 Å². The third kappa shape index (κ3) is 62.1. The molecule has 0 amide bonds. The van der Waals surface area contributed by atoms with E-state index in [0.717, 1.165) is 64.2 Å². The molecule has 0 saturated heterocycles. The van der Waals surface area contributed by atoms with Crippen LogP contribution in [0.25, 0.3) is 0 Å². The number of carbonyl (C=O) groups excluding carboxylic acids is 3. The molecule has 0 heterocycles. The van der Waals surface area contributed by atoms with E-state index in [2.05, 4.69) is 63.3 Å². The molecule has 0 aliphatic rings. The normalized spacial score (nSPS) is 12.3. The lowest BCUT2D eigenvalue weighted by atomic mass is 10.0. The molecule has 0 spiro atoms.